The number of rotatable bonds is 12. The number of anilines is 6. The van der Waals surface area contributed by atoms with Crippen molar-refractivity contribution in [2.45, 2.75) is 57.0 Å². The van der Waals surface area contributed by atoms with Crippen LogP contribution in [0.1, 0.15) is 44.1 Å². The molecule has 15 heteroatoms. The SMILES string of the molecule is COc1cc(N2CCC(N3CCN(C)CC3)CC2)c(CC2CC2)cc1Nc1ncc(Br)c(Nc2ccc3nccnc3c2N(C2CC2)S(C)(=O)=O)n1. The summed E-state index contributed by atoms with van der Waals surface area (Å²) in [4.78, 5) is 26.1. The highest BCUT2D eigenvalue weighted by Gasteiger charge is 2.38. The second-order valence-corrected chi connectivity index (χ2v) is 17.4. The Kier molecular flexibility index (Phi) is 9.87. The summed E-state index contributed by atoms with van der Waals surface area (Å²) in [5.74, 6) is 2.31. The number of halogens is 1. The fraction of sp³-hybridized carbons (Fsp3) is 0.514. The van der Waals surface area contributed by atoms with Gasteiger partial charge in [0, 0.05) is 81.7 Å². The fourth-order valence-electron chi connectivity index (χ4n) is 7.67. The molecule has 8 rings (SSSR count). The van der Waals surface area contributed by atoms with Gasteiger partial charge in [0.25, 0.3) is 0 Å². The van der Waals surface area contributed by atoms with Crippen molar-refractivity contribution >= 4 is 71.5 Å². The molecular weight excluding hydrogens is 744 g/mol. The van der Waals surface area contributed by atoms with Crippen LogP contribution in [0.5, 0.6) is 5.75 Å². The number of piperidine rings is 1. The van der Waals surface area contributed by atoms with Crippen molar-refractivity contribution in [3.63, 3.8) is 0 Å². The summed E-state index contributed by atoms with van der Waals surface area (Å²) in [6.45, 7) is 6.70. The maximum absolute atomic E-state index is 13.1. The quantitative estimate of drug-likeness (QED) is 0.181. The predicted octanol–water partition coefficient (Wildman–Crippen LogP) is 5.78. The molecule has 276 valence electrons. The zero-order valence-corrected chi connectivity index (χ0v) is 32.5. The van der Waals surface area contributed by atoms with Crippen LogP contribution in [0.2, 0.25) is 0 Å². The number of nitrogens with zero attached hydrogens (tertiary/aromatic N) is 8. The van der Waals surface area contributed by atoms with Crippen molar-refractivity contribution in [3.8, 4) is 5.75 Å². The molecule has 52 heavy (non-hydrogen) atoms. The summed E-state index contributed by atoms with van der Waals surface area (Å²) in [5, 5.41) is 6.84. The Labute approximate surface area is 314 Å². The first-order chi connectivity index (χ1) is 25.1. The van der Waals surface area contributed by atoms with Gasteiger partial charge in [0.05, 0.1) is 34.7 Å². The number of benzene rings is 2. The maximum atomic E-state index is 13.1. The molecule has 2 saturated heterocycles. The van der Waals surface area contributed by atoms with Crippen molar-refractivity contribution in [3.05, 3.63) is 52.9 Å². The van der Waals surface area contributed by atoms with Crippen LogP contribution < -0.4 is 24.6 Å². The van der Waals surface area contributed by atoms with Gasteiger partial charge in [0.15, 0.2) is 0 Å². The molecule has 2 aliphatic heterocycles. The number of piperazine rings is 1. The van der Waals surface area contributed by atoms with E-state index in [0.29, 0.717) is 50.6 Å². The van der Waals surface area contributed by atoms with E-state index in [9.17, 15) is 8.42 Å². The number of ether oxygens (including phenoxy) is 1. The molecule has 4 aromatic rings. The average Bonchev–Trinajstić information content (AvgIpc) is 4.08. The molecule has 0 atom stereocenters. The summed E-state index contributed by atoms with van der Waals surface area (Å²) < 4.78 is 34.4. The molecule has 0 spiro atoms. The highest BCUT2D eigenvalue weighted by Crippen LogP contribution is 2.44. The fourth-order valence-corrected chi connectivity index (χ4v) is 9.23. The topological polar surface area (TPSA) is 132 Å². The van der Waals surface area contributed by atoms with E-state index in [1.54, 1.807) is 25.7 Å². The van der Waals surface area contributed by atoms with Crippen molar-refractivity contribution in [2.75, 3.05) is 79.5 Å². The molecular formula is C37H47BrN10O3S. The number of aromatic nitrogens is 4. The molecule has 2 N–H and O–H groups in total. The van der Waals surface area contributed by atoms with E-state index in [2.05, 4.69) is 75.4 Å². The second kappa shape index (κ2) is 14.6. The number of likely N-dealkylation sites (N-methyl/N-ethyl adjacent to an activating group) is 1. The molecule has 13 nitrogen and oxygen atoms in total. The van der Waals surface area contributed by atoms with Gasteiger partial charge < -0.3 is 25.2 Å². The minimum Gasteiger partial charge on any atom is -0.494 e. The molecule has 0 unspecified atom stereocenters. The first kappa shape index (κ1) is 35.3. The standard InChI is InChI=1S/C37H47BrN10O3S/c1-45-16-18-46(19-17-45)26-10-14-47(15-11-26)32-22-33(51-2)31(21-25(32)20-24-4-5-24)43-37-41-23-28(38)36(44-37)42-30-9-8-29-34(40-13-12-39-29)35(30)48(27-6-7-27)52(3,49)50/h8-9,12-13,21-24,26-27H,4-7,10-11,14-20H2,1-3H3,(H2,41,42,43,44). The monoisotopic (exact) mass is 790 g/mol. The van der Waals surface area contributed by atoms with Crippen LogP contribution in [0, 0.1) is 5.92 Å². The lowest BCUT2D eigenvalue weighted by Crippen LogP contribution is -2.52. The minimum atomic E-state index is -3.61. The van der Waals surface area contributed by atoms with Crippen molar-refractivity contribution < 1.29 is 13.2 Å². The second-order valence-electron chi connectivity index (χ2n) is 14.7. The number of methoxy groups -OCH3 is 1. The normalized spacial score (nSPS) is 19.2. The van der Waals surface area contributed by atoms with Gasteiger partial charge in [-0.3, -0.25) is 19.2 Å². The molecule has 4 aliphatic rings. The van der Waals surface area contributed by atoms with E-state index >= 15 is 0 Å². The molecule has 0 bridgehead atoms. The lowest BCUT2D eigenvalue weighted by atomic mass is 9.98. The van der Waals surface area contributed by atoms with Gasteiger partial charge >= 0.3 is 0 Å². The van der Waals surface area contributed by atoms with Crippen LogP contribution in [0.25, 0.3) is 11.0 Å². The number of hydrogen-bond donors (Lipinski definition) is 2. The van der Waals surface area contributed by atoms with Gasteiger partial charge in [-0.1, -0.05) is 0 Å². The Balaban J connectivity index is 1.07. The Morgan fingerprint density at radius 3 is 2.37 bits per heavy atom. The molecule has 4 heterocycles. The Hall–Kier alpha value is -3.79. The summed E-state index contributed by atoms with van der Waals surface area (Å²) >= 11 is 3.61. The van der Waals surface area contributed by atoms with Crippen molar-refractivity contribution in [2.24, 2.45) is 5.92 Å². The molecule has 2 saturated carbocycles. The number of nitrogens with one attached hydrogen (secondary N) is 2. The Bertz CT molecular complexity index is 2050. The lowest BCUT2D eigenvalue weighted by molar-refractivity contribution is 0.0982. The Morgan fingerprint density at radius 1 is 0.923 bits per heavy atom. The van der Waals surface area contributed by atoms with Gasteiger partial charge in [0.2, 0.25) is 16.0 Å². The van der Waals surface area contributed by atoms with Gasteiger partial charge in [-0.05, 0) is 97.6 Å². The maximum Gasteiger partial charge on any atom is 0.232 e. The molecule has 2 aliphatic carbocycles. The molecule has 0 radical (unpaired) electrons. The first-order valence-corrected chi connectivity index (χ1v) is 21.0. The zero-order chi connectivity index (χ0) is 36.0. The minimum absolute atomic E-state index is 0.127. The van der Waals surface area contributed by atoms with E-state index < -0.39 is 10.0 Å². The van der Waals surface area contributed by atoms with Crippen LogP contribution in [0.15, 0.2) is 47.3 Å². The molecule has 4 fully saturated rings. The van der Waals surface area contributed by atoms with Crippen molar-refractivity contribution in [1.82, 2.24) is 29.7 Å². The lowest BCUT2D eigenvalue weighted by Gasteiger charge is -2.43. The summed E-state index contributed by atoms with van der Waals surface area (Å²) in [6.07, 6.45) is 13.6. The highest BCUT2D eigenvalue weighted by atomic mass is 79.9. The van der Waals surface area contributed by atoms with Crippen molar-refractivity contribution in [1.29, 1.82) is 0 Å². The van der Waals surface area contributed by atoms with E-state index in [1.807, 2.05) is 12.1 Å². The first-order valence-electron chi connectivity index (χ1n) is 18.3. The third-order valence-electron chi connectivity index (χ3n) is 10.8. The van der Waals surface area contributed by atoms with Crippen LogP contribution in [0.3, 0.4) is 0 Å². The molecule has 2 aromatic carbocycles. The van der Waals surface area contributed by atoms with Gasteiger partial charge in [-0.25, -0.2) is 13.4 Å². The van der Waals surface area contributed by atoms with Gasteiger partial charge in [-0.15, -0.1) is 0 Å². The van der Waals surface area contributed by atoms with Crippen LogP contribution in [0.4, 0.5) is 34.5 Å². The number of sulfonamides is 1. The van der Waals surface area contributed by atoms with E-state index in [1.165, 1.54) is 47.5 Å². The third-order valence-corrected chi connectivity index (χ3v) is 12.6. The van der Waals surface area contributed by atoms with Crippen LogP contribution in [-0.2, 0) is 16.4 Å². The van der Waals surface area contributed by atoms with Crippen LogP contribution >= 0.6 is 15.9 Å². The van der Waals surface area contributed by atoms with Gasteiger partial charge in [0.1, 0.15) is 22.8 Å². The highest BCUT2D eigenvalue weighted by molar-refractivity contribution is 9.10. The van der Waals surface area contributed by atoms with E-state index in [4.69, 9.17) is 9.72 Å². The Morgan fingerprint density at radius 2 is 1.67 bits per heavy atom. The molecule has 0 amide bonds. The molecule has 2 aromatic heterocycles. The van der Waals surface area contributed by atoms with E-state index in [0.717, 1.165) is 70.0 Å². The summed E-state index contributed by atoms with van der Waals surface area (Å²) in [6, 6.07) is 8.59. The third kappa shape index (κ3) is 7.64. The average molecular weight is 792 g/mol. The largest absolute Gasteiger partial charge is 0.494 e. The summed E-state index contributed by atoms with van der Waals surface area (Å²) in [5.41, 5.74) is 5.53. The number of fused-ring (bicyclic) bond motifs is 1. The van der Waals surface area contributed by atoms with E-state index in [-0.39, 0.29) is 6.04 Å². The summed E-state index contributed by atoms with van der Waals surface area (Å²) in [7, 11) is 0.313. The van der Waals surface area contributed by atoms with Crippen LogP contribution in [-0.4, -0.2) is 110 Å². The van der Waals surface area contributed by atoms with Gasteiger partial charge in [-0.2, -0.15) is 4.98 Å². The zero-order valence-electron chi connectivity index (χ0n) is 30.1. The predicted molar refractivity (Wildman–Crippen MR) is 210 cm³/mol. The smallest absolute Gasteiger partial charge is 0.232 e. The number of hydrogen-bond acceptors (Lipinski definition) is 12.